The first-order chi connectivity index (χ1) is 8.56. The smallest absolute Gasteiger partial charge is 0.241 e. The standard InChI is InChI=1S/C11H20N2O4S/c1-2-18(15,16)13-5-3-4-10(13)11(14)12-6-8-17-9-7-12/h10H,2-9H2,1H3/t10-/m0/s1. The highest BCUT2D eigenvalue weighted by Gasteiger charge is 2.39. The molecule has 104 valence electrons. The molecule has 2 rings (SSSR count). The fourth-order valence-electron chi connectivity index (χ4n) is 2.48. The topological polar surface area (TPSA) is 66.9 Å². The van der Waals surface area contributed by atoms with Crippen molar-refractivity contribution in [2.75, 3.05) is 38.6 Å². The maximum Gasteiger partial charge on any atom is 0.241 e. The molecule has 18 heavy (non-hydrogen) atoms. The van der Waals surface area contributed by atoms with Gasteiger partial charge in [-0.1, -0.05) is 0 Å². The average Bonchev–Trinajstić information content (AvgIpc) is 2.89. The van der Waals surface area contributed by atoms with E-state index in [0.717, 1.165) is 6.42 Å². The molecule has 2 aliphatic rings. The number of sulfonamides is 1. The average molecular weight is 276 g/mol. The molecule has 1 atom stereocenters. The van der Waals surface area contributed by atoms with Crippen molar-refractivity contribution in [3.8, 4) is 0 Å². The molecule has 0 aromatic heterocycles. The molecule has 1 amide bonds. The number of rotatable bonds is 3. The van der Waals surface area contributed by atoms with Gasteiger partial charge >= 0.3 is 0 Å². The Morgan fingerprint density at radius 3 is 2.56 bits per heavy atom. The van der Waals surface area contributed by atoms with Crippen LogP contribution in [0.1, 0.15) is 19.8 Å². The monoisotopic (exact) mass is 276 g/mol. The summed E-state index contributed by atoms with van der Waals surface area (Å²) in [5.41, 5.74) is 0. The molecule has 7 heteroatoms. The van der Waals surface area contributed by atoms with Gasteiger partial charge in [0.2, 0.25) is 15.9 Å². The number of carbonyl (C=O) groups is 1. The minimum Gasteiger partial charge on any atom is -0.378 e. The van der Waals surface area contributed by atoms with Gasteiger partial charge in [0.25, 0.3) is 0 Å². The number of amides is 1. The Bertz CT molecular complexity index is 403. The lowest BCUT2D eigenvalue weighted by Crippen LogP contribution is -2.51. The van der Waals surface area contributed by atoms with Gasteiger partial charge in [-0.3, -0.25) is 4.79 Å². The van der Waals surface area contributed by atoms with Crippen molar-refractivity contribution >= 4 is 15.9 Å². The zero-order chi connectivity index (χ0) is 13.2. The number of carbonyl (C=O) groups excluding carboxylic acids is 1. The Kier molecular flexibility index (Phi) is 4.24. The van der Waals surface area contributed by atoms with Crippen molar-refractivity contribution in [3.05, 3.63) is 0 Å². The van der Waals surface area contributed by atoms with Crippen LogP contribution in [-0.4, -0.2) is 68.2 Å². The molecule has 2 aliphatic heterocycles. The number of hydrogen-bond donors (Lipinski definition) is 0. The molecule has 0 saturated carbocycles. The minimum atomic E-state index is -3.28. The van der Waals surface area contributed by atoms with Crippen LogP contribution in [0.25, 0.3) is 0 Å². The van der Waals surface area contributed by atoms with Crippen molar-refractivity contribution in [1.29, 1.82) is 0 Å². The van der Waals surface area contributed by atoms with Gasteiger partial charge in [-0.05, 0) is 19.8 Å². The zero-order valence-corrected chi connectivity index (χ0v) is 11.5. The fourth-order valence-corrected chi connectivity index (χ4v) is 3.80. The molecule has 0 radical (unpaired) electrons. The van der Waals surface area contributed by atoms with Crippen LogP contribution in [0.5, 0.6) is 0 Å². The summed E-state index contributed by atoms with van der Waals surface area (Å²) in [5, 5.41) is 0. The van der Waals surface area contributed by atoms with Crippen molar-refractivity contribution in [2.45, 2.75) is 25.8 Å². The number of morpholine rings is 1. The van der Waals surface area contributed by atoms with E-state index < -0.39 is 16.1 Å². The summed E-state index contributed by atoms with van der Waals surface area (Å²) < 4.78 is 30.4. The Hall–Kier alpha value is -0.660. The van der Waals surface area contributed by atoms with E-state index in [4.69, 9.17) is 4.74 Å². The van der Waals surface area contributed by atoms with E-state index >= 15 is 0 Å². The second kappa shape index (κ2) is 5.54. The van der Waals surface area contributed by atoms with Crippen molar-refractivity contribution in [2.24, 2.45) is 0 Å². The Morgan fingerprint density at radius 2 is 1.94 bits per heavy atom. The third-order valence-corrected chi connectivity index (χ3v) is 5.41. The Balaban J connectivity index is 2.09. The lowest BCUT2D eigenvalue weighted by molar-refractivity contribution is -0.138. The minimum absolute atomic E-state index is 0.0554. The van der Waals surface area contributed by atoms with Crippen LogP contribution in [0.4, 0.5) is 0 Å². The molecule has 6 nitrogen and oxygen atoms in total. The van der Waals surface area contributed by atoms with Crippen molar-refractivity contribution < 1.29 is 17.9 Å². The van der Waals surface area contributed by atoms with E-state index in [-0.39, 0.29) is 11.7 Å². The van der Waals surface area contributed by atoms with E-state index in [0.29, 0.717) is 39.3 Å². The molecule has 0 aromatic carbocycles. The van der Waals surface area contributed by atoms with Gasteiger partial charge in [0.05, 0.1) is 19.0 Å². The summed E-state index contributed by atoms with van der Waals surface area (Å²) in [6.07, 6.45) is 1.40. The second-order valence-electron chi connectivity index (χ2n) is 4.61. The third-order valence-electron chi connectivity index (χ3n) is 3.53. The molecule has 0 spiro atoms. The molecule has 2 fully saturated rings. The van der Waals surface area contributed by atoms with Gasteiger partial charge in [-0.25, -0.2) is 8.42 Å². The molecule has 0 unspecified atom stereocenters. The van der Waals surface area contributed by atoms with Crippen LogP contribution in [0, 0.1) is 0 Å². The molecular formula is C11H20N2O4S. The van der Waals surface area contributed by atoms with E-state index in [9.17, 15) is 13.2 Å². The fraction of sp³-hybridized carbons (Fsp3) is 0.909. The van der Waals surface area contributed by atoms with Crippen LogP contribution in [0.3, 0.4) is 0 Å². The number of nitrogens with zero attached hydrogens (tertiary/aromatic N) is 2. The van der Waals surface area contributed by atoms with E-state index in [1.54, 1.807) is 11.8 Å². The normalized spacial score (nSPS) is 26.5. The van der Waals surface area contributed by atoms with Gasteiger partial charge in [-0.15, -0.1) is 0 Å². The molecule has 2 saturated heterocycles. The third kappa shape index (κ3) is 2.67. The Morgan fingerprint density at radius 1 is 1.28 bits per heavy atom. The molecular weight excluding hydrogens is 256 g/mol. The quantitative estimate of drug-likeness (QED) is 0.707. The van der Waals surface area contributed by atoms with E-state index in [1.807, 2.05) is 0 Å². The van der Waals surface area contributed by atoms with Gasteiger partial charge in [0.15, 0.2) is 0 Å². The Labute approximate surface area is 108 Å². The van der Waals surface area contributed by atoms with Gasteiger partial charge in [0, 0.05) is 19.6 Å². The largest absolute Gasteiger partial charge is 0.378 e. The maximum atomic E-state index is 12.3. The summed E-state index contributed by atoms with van der Waals surface area (Å²) in [7, 11) is -3.28. The first kappa shape index (κ1) is 13.8. The predicted octanol–water partition coefficient (Wildman–Crippen LogP) is -0.341. The van der Waals surface area contributed by atoms with E-state index in [1.165, 1.54) is 4.31 Å². The lowest BCUT2D eigenvalue weighted by Gasteiger charge is -2.32. The SMILES string of the molecule is CCS(=O)(=O)N1CCC[C@H]1C(=O)N1CCOCC1. The summed E-state index contributed by atoms with van der Waals surface area (Å²) in [6, 6.07) is -0.493. The van der Waals surface area contributed by atoms with Crippen LogP contribution >= 0.6 is 0 Å². The van der Waals surface area contributed by atoms with Crippen molar-refractivity contribution in [1.82, 2.24) is 9.21 Å². The molecule has 0 bridgehead atoms. The van der Waals surface area contributed by atoms with Gasteiger partial charge in [-0.2, -0.15) is 4.31 Å². The van der Waals surface area contributed by atoms with Crippen LogP contribution in [0.15, 0.2) is 0 Å². The highest BCUT2D eigenvalue weighted by atomic mass is 32.2. The predicted molar refractivity (Wildman–Crippen MR) is 66.6 cm³/mol. The number of ether oxygens (including phenoxy) is 1. The highest BCUT2D eigenvalue weighted by molar-refractivity contribution is 7.89. The highest BCUT2D eigenvalue weighted by Crippen LogP contribution is 2.23. The maximum absolute atomic E-state index is 12.3. The lowest BCUT2D eigenvalue weighted by atomic mass is 10.2. The van der Waals surface area contributed by atoms with Crippen LogP contribution < -0.4 is 0 Å². The molecule has 0 aromatic rings. The van der Waals surface area contributed by atoms with Crippen LogP contribution in [-0.2, 0) is 19.6 Å². The molecule has 0 N–H and O–H groups in total. The van der Waals surface area contributed by atoms with Crippen LogP contribution in [0.2, 0.25) is 0 Å². The summed E-state index contributed by atoms with van der Waals surface area (Å²) >= 11 is 0. The summed E-state index contributed by atoms with van der Waals surface area (Å²) in [4.78, 5) is 14.1. The molecule has 2 heterocycles. The van der Waals surface area contributed by atoms with Gasteiger partial charge < -0.3 is 9.64 Å². The second-order valence-corrected chi connectivity index (χ2v) is 6.82. The number of hydrogen-bond acceptors (Lipinski definition) is 4. The van der Waals surface area contributed by atoms with E-state index in [2.05, 4.69) is 0 Å². The van der Waals surface area contributed by atoms with Gasteiger partial charge in [0.1, 0.15) is 6.04 Å². The zero-order valence-electron chi connectivity index (χ0n) is 10.7. The first-order valence-corrected chi connectivity index (χ1v) is 8.03. The summed E-state index contributed by atoms with van der Waals surface area (Å²) in [6.45, 7) is 4.30. The summed E-state index contributed by atoms with van der Waals surface area (Å²) in [5.74, 6) is -0.00675. The van der Waals surface area contributed by atoms with Crippen molar-refractivity contribution in [3.63, 3.8) is 0 Å². The molecule has 0 aliphatic carbocycles. The first-order valence-electron chi connectivity index (χ1n) is 6.42.